The lowest BCUT2D eigenvalue weighted by Gasteiger charge is -2.22. The van der Waals surface area contributed by atoms with E-state index in [9.17, 15) is 0 Å². The molecule has 0 unspecified atom stereocenters. The molecule has 0 saturated carbocycles. The summed E-state index contributed by atoms with van der Waals surface area (Å²) in [5.41, 5.74) is 6.90. The summed E-state index contributed by atoms with van der Waals surface area (Å²) in [4.78, 5) is 4.02. The molecule has 0 bridgehead atoms. The van der Waals surface area contributed by atoms with Crippen molar-refractivity contribution in [2.24, 2.45) is 0 Å². The van der Waals surface area contributed by atoms with Gasteiger partial charge in [-0.1, -0.05) is 20.8 Å². The van der Waals surface area contributed by atoms with Crippen LogP contribution in [0.2, 0.25) is 0 Å². The lowest BCUT2D eigenvalue weighted by molar-refractivity contribution is 0.330. The first kappa shape index (κ1) is 10.8. The van der Waals surface area contributed by atoms with Crippen LogP contribution < -0.4 is 10.5 Å². The van der Waals surface area contributed by atoms with E-state index in [0.29, 0.717) is 12.4 Å². The maximum absolute atomic E-state index is 5.77. The molecular weight excluding hydrogens is 176 g/mol. The molecular formula is C11H18N2O. The normalized spacial score (nSPS) is 11.4. The molecule has 0 aliphatic heterocycles. The SMILES string of the molecule is CCOc1c(C(C)(C)C)ccnc1N. The van der Waals surface area contributed by atoms with Gasteiger partial charge in [-0.2, -0.15) is 0 Å². The number of hydrogen-bond donors (Lipinski definition) is 1. The zero-order valence-electron chi connectivity index (χ0n) is 9.29. The molecule has 1 rings (SSSR count). The molecule has 0 radical (unpaired) electrons. The molecule has 0 aliphatic carbocycles. The van der Waals surface area contributed by atoms with Gasteiger partial charge in [0.2, 0.25) is 0 Å². The molecule has 78 valence electrons. The Bertz CT molecular complexity index is 316. The van der Waals surface area contributed by atoms with Crippen molar-refractivity contribution in [2.75, 3.05) is 12.3 Å². The molecule has 3 heteroatoms. The summed E-state index contributed by atoms with van der Waals surface area (Å²) < 4.78 is 5.51. The Labute approximate surface area is 85.3 Å². The van der Waals surface area contributed by atoms with Gasteiger partial charge < -0.3 is 10.5 Å². The van der Waals surface area contributed by atoms with Gasteiger partial charge in [-0.05, 0) is 18.4 Å². The Hall–Kier alpha value is -1.25. The van der Waals surface area contributed by atoms with Crippen LogP contribution in [0, 0.1) is 0 Å². The first-order chi connectivity index (χ1) is 6.46. The molecule has 0 amide bonds. The van der Waals surface area contributed by atoms with Crippen molar-refractivity contribution < 1.29 is 4.74 Å². The van der Waals surface area contributed by atoms with E-state index in [1.807, 2.05) is 13.0 Å². The van der Waals surface area contributed by atoms with Gasteiger partial charge in [0.05, 0.1) is 6.61 Å². The smallest absolute Gasteiger partial charge is 0.166 e. The van der Waals surface area contributed by atoms with E-state index >= 15 is 0 Å². The van der Waals surface area contributed by atoms with Crippen LogP contribution in [0.3, 0.4) is 0 Å². The fraction of sp³-hybridized carbons (Fsp3) is 0.545. The van der Waals surface area contributed by atoms with Crippen LogP contribution >= 0.6 is 0 Å². The Balaban J connectivity index is 3.21. The van der Waals surface area contributed by atoms with Crippen LogP contribution in [0.4, 0.5) is 5.82 Å². The predicted octanol–water partition coefficient (Wildman–Crippen LogP) is 2.36. The fourth-order valence-electron chi connectivity index (χ4n) is 1.35. The van der Waals surface area contributed by atoms with Crippen molar-refractivity contribution in [2.45, 2.75) is 33.1 Å². The fourth-order valence-corrected chi connectivity index (χ4v) is 1.35. The summed E-state index contributed by atoms with van der Waals surface area (Å²) in [5.74, 6) is 1.20. The largest absolute Gasteiger partial charge is 0.490 e. The summed E-state index contributed by atoms with van der Waals surface area (Å²) in [6.07, 6.45) is 1.72. The minimum Gasteiger partial charge on any atom is -0.490 e. The maximum Gasteiger partial charge on any atom is 0.166 e. The average molecular weight is 194 g/mol. The Morgan fingerprint density at radius 1 is 1.43 bits per heavy atom. The molecule has 1 aromatic rings. The van der Waals surface area contributed by atoms with Gasteiger partial charge in [0.15, 0.2) is 11.6 Å². The summed E-state index contributed by atoms with van der Waals surface area (Å²) in [6, 6.07) is 1.96. The number of ether oxygens (including phenoxy) is 1. The number of pyridine rings is 1. The van der Waals surface area contributed by atoms with Crippen LogP contribution in [0.1, 0.15) is 33.3 Å². The lowest BCUT2D eigenvalue weighted by Crippen LogP contribution is -2.15. The zero-order chi connectivity index (χ0) is 10.8. The van der Waals surface area contributed by atoms with Crippen molar-refractivity contribution in [3.8, 4) is 5.75 Å². The molecule has 1 heterocycles. The summed E-state index contributed by atoms with van der Waals surface area (Å²) in [5, 5.41) is 0. The summed E-state index contributed by atoms with van der Waals surface area (Å²) in [7, 11) is 0. The Morgan fingerprint density at radius 2 is 2.07 bits per heavy atom. The van der Waals surface area contributed by atoms with Crippen molar-refractivity contribution in [1.82, 2.24) is 4.98 Å². The van der Waals surface area contributed by atoms with E-state index in [0.717, 1.165) is 11.3 Å². The van der Waals surface area contributed by atoms with Gasteiger partial charge in [0.25, 0.3) is 0 Å². The highest BCUT2D eigenvalue weighted by molar-refractivity contribution is 5.53. The Kier molecular flexibility index (Phi) is 2.99. The zero-order valence-corrected chi connectivity index (χ0v) is 9.29. The van der Waals surface area contributed by atoms with E-state index < -0.39 is 0 Å². The predicted molar refractivity (Wildman–Crippen MR) is 58.5 cm³/mol. The minimum absolute atomic E-state index is 0.0293. The number of hydrogen-bond acceptors (Lipinski definition) is 3. The topological polar surface area (TPSA) is 48.1 Å². The molecule has 0 saturated heterocycles. The van der Waals surface area contributed by atoms with Crippen molar-refractivity contribution >= 4 is 5.82 Å². The molecule has 0 aromatic carbocycles. The van der Waals surface area contributed by atoms with Crippen LogP contribution in [-0.4, -0.2) is 11.6 Å². The molecule has 0 fully saturated rings. The monoisotopic (exact) mass is 194 g/mol. The summed E-state index contributed by atoms with van der Waals surface area (Å²) in [6.45, 7) is 8.94. The lowest BCUT2D eigenvalue weighted by atomic mass is 9.87. The number of anilines is 1. The third kappa shape index (κ3) is 2.16. The number of nitrogens with two attached hydrogens (primary N) is 1. The van der Waals surface area contributed by atoms with Crippen LogP contribution in [0.15, 0.2) is 12.3 Å². The average Bonchev–Trinajstić information content (AvgIpc) is 2.07. The molecule has 2 N–H and O–H groups in total. The van der Waals surface area contributed by atoms with Gasteiger partial charge in [-0.25, -0.2) is 4.98 Å². The van der Waals surface area contributed by atoms with E-state index in [-0.39, 0.29) is 5.41 Å². The van der Waals surface area contributed by atoms with Crippen molar-refractivity contribution in [3.05, 3.63) is 17.8 Å². The quantitative estimate of drug-likeness (QED) is 0.786. The highest BCUT2D eigenvalue weighted by Gasteiger charge is 2.20. The molecule has 3 nitrogen and oxygen atoms in total. The van der Waals surface area contributed by atoms with Gasteiger partial charge in [0.1, 0.15) is 0 Å². The minimum atomic E-state index is 0.0293. The van der Waals surface area contributed by atoms with E-state index in [2.05, 4.69) is 25.8 Å². The van der Waals surface area contributed by atoms with Gasteiger partial charge in [-0.15, -0.1) is 0 Å². The first-order valence-electron chi connectivity index (χ1n) is 4.84. The number of nitrogens with zero attached hydrogens (tertiary/aromatic N) is 1. The second kappa shape index (κ2) is 3.86. The third-order valence-electron chi connectivity index (χ3n) is 2.03. The molecule has 0 spiro atoms. The standard InChI is InChI=1S/C11H18N2O/c1-5-14-9-8(11(2,3)4)6-7-13-10(9)12/h6-7H,5H2,1-4H3,(H2,12,13). The van der Waals surface area contributed by atoms with Crippen molar-refractivity contribution in [3.63, 3.8) is 0 Å². The molecule has 0 aliphatic rings. The first-order valence-corrected chi connectivity index (χ1v) is 4.84. The summed E-state index contributed by atoms with van der Waals surface area (Å²) >= 11 is 0. The van der Waals surface area contributed by atoms with E-state index in [1.165, 1.54) is 0 Å². The second-order valence-corrected chi connectivity index (χ2v) is 4.26. The van der Waals surface area contributed by atoms with Crippen molar-refractivity contribution in [1.29, 1.82) is 0 Å². The molecule has 0 atom stereocenters. The third-order valence-corrected chi connectivity index (χ3v) is 2.03. The van der Waals surface area contributed by atoms with Gasteiger partial charge in [-0.3, -0.25) is 0 Å². The highest BCUT2D eigenvalue weighted by atomic mass is 16.5. The molecule has 14 heavy (non-hydrogen) atoms. The molecule has 1 aromatic heterocycles. The number of nitrogen functional groups attached to an aromatic ring is 1. The maximum atomic E-state index is 5.77. The van der Waals surface area contributed by atoms with Gasteiger partial charge >= 0.3 is 0 Å². The Morgan fingerprint density at radius 3 is 2.57 bits per heavy atom. The van der Waals surface area contributed by atoms with Crippen LogP contribution in [0.5, 0.6) is 5.75 Å². The van der Waals surface area contributed by atoms with E-state index in [1.54, 1.807) is 6.20 Å². The van der Waals surface area contributed by atoms with Crippen LogP contribution in [-0.2, 0) is 5.41 Å². The number of rotatable bonds is 2. The second-order valence-electron chi connectivity index (χ2n) is 4.26. The van der Waals surface area contributed by atoms with Crippen LogP contribution in [0.25, 0.3) is 0 Å². The van der Waals surface area contributed by atoms with Gasteiger partial charge in [0, 0.05) is 11.8 Å². The highest BCUT2D eigenvalue weighted by Crippen LogP contribution is 2.34. The number of aromatic nitrogens is 1. The van der Waals surface area contributed by atoms with E-state index in [4.69, 9.17) is 10.5 Å².